The number of rotatable bonds is 7. The summed E-state index contributed by atoms with van der Waals surface area (Å²) in [6.07, 6.45) is -0.0617. The highest BCUT2D eigenvalue weighted by Gasteiger charge is 2.11. The molecule has 0 aromatic heterocycles. The highest BCUT2D eigenvalue weighted by Crippen LogP contribution is 2.13. The van der Waals surface area contributed by atoms with Crippen LogP contribution in [0.25, 0.3) is 0 Å². The number of nitrogens with two attached hydrogens (primary N) is 1. The third-order valence-corrected chi connectivity index (χ3v) is 3.42. The molecule has 0 aliphatic heterocycles. The number of carbonyl (C=O) groups is 3. The molecule has 0 aliphatic carbocycles. The monoisotopic (exact) mass is 343 g/mol. The van der Waals surface area contributed by atoms with E-state index >= 15 is 0 Å². The van der Waals surface area contributed by atoms with Crippen LogP contribution in [0.4, 0.5) is 5.69 Å². The van der Waals surface area contributed by atoms with E-state index in [9.17, 15) is 22.8 Å². The van der Waals surface area contributed by atoms with Crippen molar-refractivity contribution in [3.8, 4) is 0 Å². The fourth-order valence-corrected chi connectivity index (χ4v) is 2.07. The van der Waals surface area contributed by atoms with Crippen LogP contribution < -0.4 is 15.8 Å². The van der Waals surface area contributed by atoms with Crippen molar-refractivity contribution in [2.45, 2.75) is 18.2 Å². The number of sulfonamides is 1. The molecule has 0 saturated heterocycles. The van der Waals surface area contributed by atoms with Crippen molar-refractivity contribution >= 4 is 33.5 Å². The van der Waals surface area contributed by atoms with Crippen LogP contribution in [-0.2, 0) is 29.1 Å². The van der Waals surface area contributed by atoms with E-state index < -0.39 is 28.5 Å². The van der Waals surface area contributed by atoms with E-state index in [-0.39, 0.29) is 29.5 Å². The van der Waals surface area contributed by atoms with Crippen LogP contribution in [-0.4, -0.2) is 39.4 Å². The lowest BCUT2D eigenvalue weighted by molar-refractivity contribution is -0.147. The van der Waals surface area contributed by atoms with Crippen LogP contribution in [0.3, 0.4) is 0 Å². The molecule has 0 atom stereocenters. The average molecular weight is 343 g/mol. The number of hydrogen-bond donors (Lipinski definition) is 3. The van der Waals surface area contributed by atoms with Gasteiger partial charge in [-0.15, -0.1) is 0 Å². The van der Waals surface area contributed by atoms with Crippen LogP contribution in [0.2, 0.25) is 0 Å². The lowest BCUT2D eigenvalue weighted by Gasteiger charge is -2.08. The first-order chi connectivity index (χ1) is 10.7. The molecule has 1 rings (SSSR count). The number of amides is 2. The van der Waals surface area contributed by atoms with Crippen molar-refractivity contribution in [1.82, 2.24) is 5.32 Å². The second kappa shape index (κ2) is 8.25. The summed E-state index contributed by atoms with van der Waals surface area (Å²) in [6.45, 7) is 0.902. The Labute approximate surface area is 133 Å². The second-order valence-electron chi connectivity index (χ2n) is 4.51. The minimum Gasteiger partial charge on any atom is -0.456 e. The maximum absolute atomic E-state index is 11.6. The Bertz CT molecular complexity index is 701. The van der Waals surface area contributed by atoms with Gasteiger partial charge in [0.05, 0.1) is 11.3 Å². The summed E-state index contributed by atoms with van der Waals surface area (Å²) < 4.78 is 27.1. The van der Waals surface area contributed by atoms with Crippen LogP contribution in [0.5, 0.6) is 0 Å². The molecule has 10 heteroatoms. The molecule has 1 aromatic carbocycles. The number of primary sulfonamides is 1. The van der Waals surface area contributed by atoms with Gasteiger partial charge in [0, 0.05) is 19.2 Å². The molecule has 2 amide bonds. The first-order valence-electron chi connectivity index (χ1n) is 6.51. The molecule has 0 heterocycles. The minimum atomic E-state index is -3.88. The van der Waals surface area contributed by atoms with Crippen molar-refractivity contribution in [2.24, 2.45) is 5.14 Å². The molecule has 0 unspecified atom stereocenters. The summed E-state index contributed by atoms with van der Waals surface area (Å²) in [5, 5.41) is 9.78. The zero-order chi connectivity index (χ0) is 17.5. The Hall–Kier alpha value is -2.46. The van der Waals surface area contributed by atoms with E-state index in [4.69, 9.17) is 9.88 Å². The summed E-state index contributed by atoms with van der Waals surface area (Å²) in [5.41, 5.74) is 0.204. The van der Waals surface area contributed by atoms with E-state index in [1.807, 2.05) is 0 Å². The van der Waals surface area contributed by atoms with Gasteiger partial charge in [-0.1, -0.05) is 6.07 Å². The third-order valence-electron chi connectivity index (χ3n) is 2.51. The molecule has 126 valence electrons. The van der Waals surface area contributed by atoms with Crippen molar-refractivity contribution < 1.29 is 27.5 Å². The Balaban J connectivity index is 2.45. The lowest BCUT2D eigenvalue weighted by Crippen LogP contribution is -2.26. The molecule has 0 spiro atoms. The Morgan fingerprint density at radius 2 is 1.96 bits per heavy atom. The predicted octanol–water partition coefficient (Wildman–Crippen LogP) is -0.658. The summed E-state index contributed by atoms with van der Waals surface area (Å²) in [4.78, 5) is 33.4. The van der Waals surface area contributed by atoms with Gasteiger partial charge in [-0.2, -0.15) is 0 Å². The van der Waals surface area contributed by atoms with Gasteiger partial charge in [-0.05, 0) is 18.2 Å². The number of benzene rings is 1. The van der Waals surface area contributed by atoms with Gasteiger partial charge in [0.1, 0.15) is 0 Å². The maximum atomic E-state index is 11.6. The van der Waals surface area contributed by atoms with Gasteiger partial charge >= 0.3 is 5.97 Å². The number of anilines is 1. The average Bonchev–Trinajstić information content (AvgIpc) is 2.44. The SMILES string of the molecule is CC(=O)NCCC(=O)OCC(=O)Nc1cccc(S(N)(=O)=O)c1. The summed E-state index contributed by atoms with van der Waals surface area (Å²) >= 11 is 0. The maximum Gasteiger partial charge on any atom is 0.308 e. The van der Waals surface area contributed by atoms with Gasteiger partial charge < -0.3 is 15.4 Å². The predicted molar refractivity (Wildman–Crippen MR) is 80.7 cm³/mol. The van der Waals surface area contributed by atoms with Crippen LogP contribution in [0.1, 0.15) is 13.3 Å². The molecule has 4 N–H and O–H groups in total. The van der Waals surface area contributed by atoms with Crippen LogP contribution in [0, 0.1) is 0 Å². The topological polar surface area (TPSA) is 145 Å². The van der Waals surface area contributed by atoms with Crippen LogP contribution >= 0.6 is 0 Å². The molecule has 0 fully saturated rings. The zero-order valence-electron chi connectivity index (χ0n) is 12.4. The smallest absolute Gasteiger partial charge is 0.308 e. The molecular weight excluding hydrogens is 326 g/mol. The van der Waals surface area contributed by atoms with E-state index in [2.05, 4.69) is 10.6 Å². The number of ether oxygens (including phenoxy) is 1. The molecule has 0 bridgehead atoms. The first-order valence-corrected chi connectivity index (χ1v) is 8.06. The quantitative estimate of drug-likeness (QED) is 0.561. The van der Waals surface area contributed by atoms with Gasteiger partial charge in [-0.3, -0.25) is 14.4 Å². The van der Waals surface area contributed by atoms with Gasteiger partial charge in [0.25, 0.3) is 5.91 Å². The van der Waals surface area contributed by atoms with Crippen molar-refractivity contribution in [1.29, 1.82) is 0 Å². The highest BCUT2D eigenvalue weighted by molar-refractivity contribution is 7.89. The lowest BCUT2D eigenvalue weighted by atomic mass is 10.3. The minimum absolute atomic E-state index is 0.0617. The summed E-state index contributed by atoms with van der Waals surface area (Å²) in [7, 11) is -3.88. The number of nitrogens with one attached hydrogen (secondary N) is 2. The molecule has 0 radical (unpaired) electrons. The van der Waals surface area contributed by atoms with Gasteiger partial charge in [-0.25, -0.2) is 13.6 Å². The Morgan fingerprint density at radius 1 is 1.26 bits per heavy atom. The Morgan fingerprint density at radius 3 is 2.57 bits per heavy atom. The van der Waals surface area contributed by atoms with Crippen molar-refractivity contribution in [3.05, 3.63) is 24.3 Å². The standard InChI is InChI=1S/C13H17N3O6S/c1-9(17)15-6-5-13(19)22-8-12(18)16-10-3-2-4-11(7-10)23(14,20)21/h2-4,7H,5-6,8H2,1H3,(H,15,17)(H,16,18)(H2,14,20,21). The third kappa shape index (κ3) is 7.38. The fraction of sp³-hybridized carbons (Fsp3) is 0.308. The first kappa shape index (κ1) is 18.6. The molecule has 9 nitrogen and oxygen atoms in total. The fourth-order valence-electron chi connectivity index (χ4n) is 1.51. The number of esters is 1. The summed E-state index contributed by atoms with van der Waals surface area (Å²) in [5.74, 6) is -1.55. The summed E-state index contributed by atoms with van der Waals surface area (Å²) in [6, 6.07) is 5.35. The molecular formula is C13H17N3O6S. The van der Waals surface area contributed by atoms with Crippen molar-refractivity contribution in [2.75, 3.05) is 18.5 Å². The Kier molecular flexibility index (Phi) is 6.66. The highest BCUT2D eigenvalue weighted by atomic mass is 32.2. The molecule has 0 aliphatic rings. The largest absolute Gasteiger partial charge is 0.456 e. The van der Waals surface area contributed by atoms with E-state index in [0.717, 1.165) is 0 Å². The van der Waals surface area contributed by atoms with Crippen LogP contribution in [0.15, 0.2) is 29.2 Å². The number of hydrogen-bond acceptors (Lipinski definition) is 6. The second-order valence-corrected chi connectivity index (χ2v) is 6.08. The van der Waals surface area contributed by atoms with Gasteiger partial charge in [0.2, 0.25) is 15.9 Å². The van der Waals surface area contributed by atoms with Crippen molar-refractivity contribution in [3.63, 3.8) is 0 Å². The van der Waals surface area contributed by atoms with E-state index in [1.165, 1.54) is 31.2 Å². The molecule has 23 heavy (non-hydrogen) atoms. The van der Waals surface area contributed by atoms with E-state index in [0.29, 0.717) is 0 Å². The van der Waals surface area contributed by atoms with E-state index in [1.54, 1.807) is 0 Å². The van der Waals surface area contributed by atoms with Gasteiger partial charge in [0.15, 0.2) is 6.61 Å². The molecule has 0 saturated carbocycles. The normalized spacial score (nSPS) is 10.7. The molecule has 1 aromatic rings. The number of carbonyl (C=O) groups excluding carboxylic acids is 3. The zero-order valence-corrected chi connectivity index (χ0v) is 13.2.